The maximum atomic E-state index is 13.1. The molecule has 2 aromatic rings. The molecule has 0 amide bonds. The van der Waals surface area contributed by atoms with Crippen LogP contribution in [0, 0.1) is 5.82 Å². The molecule has 0 unspecified atom stereocenters. The number of hydroxylamine groups is 1. The predicted octanol–water partition coefficient (Wildman–Crippen LogP) is 1.08. The fourth-order valence-electron chi connectivity index (χ4n) is 1.39. The molecule has 21 heavy (non-hydrogen) atoms. The van der Waals surface area contributed by atoms with E-state index in [4.69, 9.17) is 5.21 Å². The molecule has 0 atom stereocenters. The number of nitrogens with one attached hydrogen (secondary N) is 1. The average Bonchev–Trinajstić information content (AvgIpc) is 2.82. The molecule has 0 bridgehead atoms. The van der Waals surface area contributed by atoms with Gasteiger partial charge in [-0.15, -0.1) is 0 Å². The molecule has 0 aliphatic heterocycles. The quantitative estimate of drug-likeness (QED) is 0.274. The Morgan fingerprint density at radius 2 is 2.05 bits per heavy atom. The first kappa shape index (κ1) is 15.5. The molecule has 0 saturated heterocycles. The number of benzene rings is 1. The summed E-state index contributed by atoms with van der Waals surface area (Å²) in [5.74, 6) is -1.72. The third kappa shape index (κ3) is 3.40. The summed E-state index contributed by atoms with van der Waals surface area (Å²) in [6.45, 7) is 0. The first-order valence-electron chi connectivity index (χ1n) is 5.20. The standard InChI is InChI=1S/C10H5AsF4N4O2/c11-8-7(18-21-19-8)9(17-20)16-4-1-2-6(12)5(3-4)10(13,14)15/h1-3,20H,(H,16,17). The molecule has 2 N–H and O–H groups in total. The maximum absolute atomic E-state index is 13.1. The van der Waals surface area contributed by atoms with E-state index in [-0.39, 0.29) is 21.7 Å². The Labute approximate surface area is 123 Å². The molecule has 2 radical (unpaired) electrons. The molecule has 110 valence electrons. The number of alkyl halides is 3. The summed E-state index contributed by atoms with van der Waals surface area (Å²) in [5, 5.41) is 15.8. The minimum absolute atomic E-state index is 0.0182. The van der Waals surface area contributed by atoms with Gasteiger partial charge in [-0.3, -0.25) is 0 Å². The van der Waals surface area contributed by atoms with E-state index in [0.717, 1.165) is 6.07 Å². The van der Waals surface area contributed by atoms with Gasteiger partial charge in [-0.1, -0.05) is 0 Å². The SMILES string of the molecule is ONC(=Nc1ccc(F)c(C(F)(F)F)c1)c1nonc1[As]. The first-order chi connectivity index (χ1) is 9.82. The molecule has 1 aromatic carbocycles. The summed E-state index contributed by atoms with van der Waals surface area (Å²) in [6, 6.07) is 2.14. The summed E-state index contributed by atoms with van der Waals surface area (Å²) in [6.07, 6.45) is -4.86. The summed E-state index contributed by atoms with van der Waals surface area (Å²) in [5.41, 5.74) is -0.0556. The van der Waals surface area contributed by atoms with Crippen molar-refractivity contribution in [3.63, 3.8) is 0 Å². The van der Waals surface area contributed by atoms with E-state index in [1.165, 1.54) is 0 Å². The van der Waals surface area contributed by atoms with Crippen LogP contribution in [0.4, 0.5) is 23.2 Å². The first-order valence-corrected chi connectivity index (χ1v) is 6.14. The van der Waals surface area contributed by atoms with Crippen LogP contribution >= 0.6 is 0 Å². The van der Waals surface area contributed by atoms with Gasteiger partial charge in [-0.2, -0.15) is 0 Å². The van der Waals surface area contributed by atoms with Crippen LogP contribution in [0.5, 0.6) is 0 Å². The predicted molar refractivity (Wildman–Crippen MR) is 62.2 cm³/mol. The molecule has 6 nitrogen and oxygen atoms in total. The molecule has 0 saturated carbocycles. The molecule has 0 spiro atoms. The van der Waals surface area contributed by atoms with Gasteiger partial charge in [0.1, 0.15) is 0 Å². The van der Waals surface area contributed by atoms with E-state index < -0.39 is 17.6 Å². The van der Waals surface area contributed by atoms with Crippen molar-refractivity contribution in [3.05, 3.63) is 35.3 Å². The van der Waals surface area contributed by atoms with Crippen molar-refractivity contribution in [2.45, 2.75) is 6.18 Å². The Balaban J connectivity index is 2.47. The van der Waals surface area contributed by atoms with E-state index in [1.54, 1.807) is 5.48 Å². The monoisotopic (exact) mass is 364 g/mol. The van der Waals surface area contributed by atoms with Crippen LogP contribution in [0.1, 0.15) is 11.3 Å². The van der Waals surface area contributed by atoms with E-state index >= 15 is 0 Å². The molecule has 11 heteroatoms. The van der Waals surface area contributed by atoms with Crippen LogP contribution in [0.15, 0.2) is 27.8 Å². The van der Waals surface area contributed by atoms with Crippen molar-refractivity contribution in [2.24, 2.45) is 4.99 Å². The third-order valence-corrected chi connectivity index (χ3v) is 2.91. The molecule has 1 aromatic heterocycles. The van der Waals surface area contributed by atoms with Crippen molar-refractivity contribution in [3.8, 4) is 0 Å². The Bertz CT molecular complexity index is 686. The number of halogens is 4. The molecular formula is C10H5AsF4N4O2. The van der Waals surface area contributed by atoms with Crippen LogP contribution in [0.2, 0.25) is 0 Å². The summed E-state index contributed by atoms with van der Waals surface area (Å²) in [7, 11) is 0. The molecule has 0 aliphatic rings. The van der Waals surface area contributed by atoms with E-state index in [2.05, 4.69) is 19.9 Å². The minimum atomic E-state index is -4.86. The average molecular weight is 364 g/mol. The number of rotatable bonds is 2. The van der Waals surface area contributed by atoms with Crippen LogP contribution < -0.4 is 9.96 Å². The van der Waals surface area contributed by atoms with Gasteiger partial charge in [0.05, 0.1) is 0 Å². The van der Waals surface area contributed by atoms with Gasteiger partial charge in [0.15, 0.2) is 0 Å². The normalized spacial score (nSPS) is 12.6. The number of nitrogens with zero attached hydrogens (tertiary/aromatic N) is 3. The van der Waals surface area contributed by atoms with Gasteiger partial charge < -0.3 is 0 Å². The van der Waals surface area contributed by atoms with Crippen LogP contribution in [-0.2, 0) is 6.18 Å². The summed E-state index contributed by atoms with van der Waals surface area (Å²) in [4.78, 5) is 3.71. The Hall–Kier alpha value is -1.93. The molecular weight excluding hydrogens is 359 g/mol. The fraction of sp³-hybridized carbons (Fsp3) is 0.100. The number of amidine groups is 1. The second kappa shape index (κ2) is 5.82. The van der Waals surface area contributed by atoms with Crippen molar-refractivity contribution in [1.82, 2.24) is 15.8 Å². The second-order valence-corrected chi connectivity index (χ2v) is 4.56. The second-order valence-electron chi connectivity index (χ2n) is 3.67. The van der Waals surface area contributed by atoms with Crippen molar-refractivity contribution >= 4 is 32.9 Å². The van der Waals surface area contributed by atoms with Crippen LogP contribution in [-0.4, -0.2) is 38.2 Å². The molecule has 0 aliphatic carbocycles. The molecule has 1 heterocycles. The van der Waals surface area contributed by atoms with E-state index in [0.29, 0.717) is 12.1 Å². The zero-order valence-corrected chi connectivity index (χ0v) is 11.8. The zero-order chi connectivity index (χ0) is 15.6. The van der Waals surface area contributed by atoms with Crippen molar-refractivity contribution in [2.75, 3.05) is 0 Å². The van der Waals surface area contributed by atoms with Gasteiger partial charge in [0, 0.05) is 0 Å². The van der Waals surface area contributed by atoms with E-state index in [1.807, 2.05) is 16.9 Å². The van der Waals surface area contributed by atoms with Crippen LogP contribution in [0.3, 0.4) is 0 Å². The van der Waals surface area contributed by atoms with Gasteiger partial charge in [0.2, 0.25) is 0 Å². The summed E-state index contributed by atoms with van der Waals surface area (Å²) >= 11 is 1.97. The number of hydrogen-bond acceptors (Lipinski definition) is 5. The van der Waals surface area contributed by atoms with Gasteiger partial charge in [0.25, 0.3) is 0 Å². The fourth-order valence-corrected chi connectivity index (χ4v) is 1.78. The molecule has 0 fully saturated rings. The van der Waals surface area contributed by atoms with Crippen LogP contribution in [0.25, 0.3) is 0 Å². The number of hydrogen-bond donors (Lipinski definition) is 2. The third-order valence-electron chi connectivity index (χ3n) is 2.30. The van der Waals surface area contributed by atoms with Gasteiger partial charge in [-0.25, -0.2) is 0 Å². The van der Waals surface area contributed by atoms with E-state index in [9.17, 15) is 17.6 Å². The van der Waals surface area contributed by atoms with Gasteiger partial charge >= 0.3 is 122 Å². The Kier molecular flexibility index (Phi) is 4.29. The molecule has 2 rings (SSSR count). The zero-order valence-electron chi connectivity index (χ0n) is 9.89. The number of aliphatic imine (C=N–C) groups is 1. The summed E-state index contributed by atoms with van der Waals surface area (Å²) < 4.78 is 55.5. The van der Waals surface area contributed by atoms with Crippen molar-refractivity contribution < 1.29 is 27.4 Å². The van der Waals surface area contributed by atoms with Gasteiger partial charge in [-0.05, 0) is 0 Å². The number of aromatic nitrogens is 2. The Morgan fingerprint density at radius 1 is 1.33 bits per heavy atom. The van der Waals surface area contributed by atoms with Crippen molar-refractivity contribution in [1.29, 1.82) is 0 Å². The Morgan fingerprint density at radius 3 is 2.57 bits per heavy atom. The topological polar surface area (TPSA) is 83.5 Å².